The fraction of sp³-hybridized carbons (Fsp3) is 0.423. The van der Waals surface area contributed by atoms with Gasteiger partial charge in [0.25, 0.3) is 5.91 Å². The normalized spacial score (nSPS) is 19.7. The summed E-state index contributed by atoms with van der Waals surface area (Å²) in [6, 6.07) is 8.49. The summed E-state index contributed by atoms with van der Waals surface area (Å²) in [5.74, 6) is 0.669. The van der Waals surface area contributed by atoms with E-state index >= 15 is 0 Å². The summed E-state index contributed by atoms with van der Waals surface area (Å²) in [6.07, 6.45) is 4.91. The summed E-state index contributed by atoms with van der Waals surface area (Å²) in [6.45, 7) is 2.52. The van der Waals surface area contributed by atoms with Crippen LogP contribution in [0, 0.1) is 0 Å². The van der Waals surface area contributed by atoms with Gasteiger partial charge >= 0.3 is 0 Å². The fourth-order valence-electron chi connectivity index (χ4n) is 4.61. The van der Waals surface area contributed by atoms with E-state index < -0.39 is 12.1 Å². The first-order valence-electron chi connectivity index (χ1n) is 12.5. The van der Waals surface area contributed by atoms with Gasteiger partial charge in [-0.2, -0.15) is 0 Å². The quantitative estimate of drug-likeness (QED) is 0.518. The first-order valence-corrected chi connectivity index (χ1v) is 12.5. The van der Waals surface area contributed by atoms with E-state index in [0.717, 1.165) is 5.56 Å². The molecule has 4 bridgehead atoms. The van der Waals surface area contributed by atoms with E-state index in [4.69, 9.17) is 14.2 Å². The molecule has 38 heavy (non-hydrogen) atoms. The standard InChI is InChI=1S/C26H31N7O5/c1-31(12-18-4-3-7-27-11-18)16-25(34)32-14-21-24(15-32)38-17-20-13-33(30-29-20)8-9-37-23-10-19(26(35)28-21)5-6-22(23)36-2/h3-7,10-11,13,21,24H,8-9,12,14-17H2,1-2H3,(H,28,35)/t21-,24-/m0/s1. The molecule has 4 heterocycles. The number of likely N-dealkylation sites (N-methyl/N-ethyl adjacent to an activating group) is 1. The Morgan fingerprint density at radius 1 is 1.29 bits per heavy atom. The molecule has 0 radical (unpaired) electrons. The third kappa shape index (κ3) is 6.09. The van der Waals surface area contributed by atoms with Crippen LogP contribution < -0.4 is 14.8 Å². The van der Waals surface area contributed by atoms with Crippen LogP contribution in [-0.2, 0) is 29.2 Å². The third-order valence-corrected chi connectivity index (χ3v) is 6.55. The van der Waals surface area contributed by atoms with Gasteiger partial charge in [-0.25, -0.2) is 4.68 Å². The maximum atomic E-state index is 13.2. The molecule has 2 aliphatic rings. The van der Waals surface area contributed by atoms with E-state index in [1.807, 2.05) is 24.1 Å². The van der Waals surface area contributed by atoms with Gasteiger partial charge in [-0.15, -0.1) is 5.10 Å². The Kier molecular flexibility index (Phi) is 7.80. The highest BCUT2D eigenvalue weighted by atomic mass is 16.5. The minimum absolute atomic E-state index is 0.0396. The zero-order valence-electron chi connectivity index (χ0n) is 21.4. The van der Waals surface area contributed by atoms with Crippen LogP contribution in [0.5, 0.6) is 11.5 Å². The predicted octanol–water partition coefficient (Wildman–Crippen LogP) is 0.732. The Bertz CT molecular complexity index is 1270. The first-order chi connectivity index (χ1) is 18.5. The molecule has 2 atom stereocenters. The van der Waals surface area contributed by atoms with E-state index in [0.29, 0.717) is 55.5 Å². The number of rotatable bonds is 5. The molecule has 2 aliphatic heterocycles. The number of nitrogens with zero attached hydrogens (tertiary/aromatic N) is 6. The van der Waals surface area contributed by atoms with Crippen molar-refractivity contribution in [3.63, 3.8) is 0 Å². The topological polar surface area (TPSA) is 124 Å². The number of benzene rings is 1. The number of ether oxygens (including phenoxy) is 3. The Morgan fingerprint density at radius 2 is 2.18 bits per heavy atom. The van der Waals surface area contributed by atoms with Gasteiger partial charge in [0.05, 0.1) is 45.1 Å². The van der Waals surface area contributed by atoms with Crippen LogP contribution in [0.1, 0.15) is 21.6 Å². The summed E-state index contributed by atoms with van der Waals surface area (Å²) in [7, 11) is 3.44. The number of hydrogen-bond acceptors (Lipinski definition) is 9. The number of likely N-dealkylation sites (tertiary alicyclic amines) is 1. The lowest BCUT2D eigenvalue weighted by Gasteiger charge is -2.21. The molecule has 0 unspecified atom stereocenters. The first kappa shape index (κ1) is 25.6. The summed E-state index contributed by atoms with van der Waals surface area (Å²) in [5, 5.41) is 11.4. The van der Waals surface area contributed by atoms with Gasteiger partial charge in [-0.05, 0) is 36.9 Å². The van der Waals surface area contributed by atoms with Crippen molar-refractivity contribution in [1.82, 2.24) is 35.1 Å². The minimum atomic E-state index is -0.407. The number of carbonyl (C=O) groups excluding carboxylic acids is 2. The number of nitrogens with one attached hydrogen (secondary N) is 1. The molecule has 1 aromatic carbocycles. The van der Waals surface area contributed by atoms with Crippen molar-refractivity contribution in [1.29, 1.82) is 0 Å². The smallest absolute Gasteiger partial charge is 0.251 e. The van der Waals surface area contributed by atoms with Crippen LogP contribution in [0.25, 0.3) is 0 Å². The molecule has 3 aromatic rings. The molecule has 2 amide bonds. The largest absolute Gasteiger partial charge is 0.493 e. The molecule has 0 saturated carbocycles. The number of fused-ring (bicyclic) bond motifs is 5. The molecule has 12 heteroatoms. The van der Waals surface area contributed by atoms with Crippen molar-refractivity contribution in [2.45, 2.75) is 31.8 Å². The maximum Gasteiger partial charge on any atom is 0.251 e. The zero-order valence-corrected chi connectivity index (χ0v) is 21.4. The predicted molar refractivity (Wildman–Crippen MR) is 135 cm³/mol. The Hall–Kier alpha value is -4.03. The molecule has 1 saturated heterocycles. The molecule has 12 nitrogen and oxygen atoms in total. The molecule has 0 spiro atoms. The lowest BCUT2D eigenvalue weighted by Crippen LogP contribution is -2.44. The highest BCUT2D eigenvalue weighted by Crippen LogP contribution is 2.28. The van der Waals surface area contributed by atoms with Gasteiger partial charge < -0.3 is 24.4 Å². The highest BCUT2D eigenvalue weighted by molar-refractivity contribution is 5.95. The Balaban J connectivity index is 1.32. The van der Waals surface area contributed by atoms with E-state index in [9.17, 15) is 9.59 Å². The van der Waals surface area contributed by atoms with E-state index in [1.165, 1.54) is 0 Å². The van der Waals surface area contributed by atoms with Crippen molar-refractivity contribution in [2.75, 3.05) is 40.4 Å². The second-order valence-electron chi connectivity index (χ2n) is 9.45. The summed E-state index contributed by atoms with van der Waals surface area (Å²) in [4.78, 5) is 34.2. The average molecular weight is 522 g/mol. The van der Waals surface area contributed by atoms with Gasteiger partial charge in [0.15, 0.2) is 11.5 Å². The molecule has 200 valence electrons. The van der Waals surface area contributed by atoms with Gasteiger partial charge in [0, 0.05) is 37.6 Å². The van der Waals surface area contributed by atoms with Crippen LogP contribution in [0.2, 0.25) is 0 Å². The maximum absolute atomic E-state index is 13.2. The minimum Gasteiger partial charge on any atom is -0.493 e. The average Bonchev–Trinajstić information content (AvgIpc) is 3.54. The molecule has 1 fully saturated rings. The van der Waals surface area contributed by atoms with Gasteiger partial charge in [0.1, 0.15) is 12.3 Å². The number of aromatic nitrogens is 4. The Labute approximate surface area is 220 Å². The lowest BCUT2D eigenvalue weighted by molar-refractivity contribution is -0.131. The molecular weight excluding hydrogens is 490 g/mol. The number of methoxy groups -OCH3 is 1. The highest BCUT2D eigenvalue weighted by Gasteiger charge is 2.37. The van der Waals surface area contributed by atoms with E-state index in [2.05, 4.69) is 20.6 Å². The fourth-order valence-corrected chi connectivity index (χ4v) is 4.61. The second-order valence-corrected chi connectivity index (χ2v) is 9.45. The van der Waals surface area contributed by atoms with Gasteiger partial charge in [-0.1, -0.05) is 11.3 Å². The molecule has 2 aromatic heterocycles. The van der Waals surface area contributed by atoms with Crippen LogP contribution in [-0.4, -0.2) is 94.1 Å². The van der Waals surface area contributed by atoms with Crippen molar-refractivity contribution < 1.29 is 23.8 Å². The third-order valence-electron chi connectivity index (χ3n) is 6.55. The van der Waals surface area contributed by atoms with Gasteiger partial charge in [0.2, 0.25) is 5.91 Å². The monoisotopic (exact) mass is 521 g/mol. The van der Waals surface area contributed by atoms with Crippen LogP contribution in [0.15, 0.2) is 48.9 Å². The summed E-state index contributed by atoms with van der Waals surface area (Å²) >= 11 is 0. The van der Waals surface area contributed by atoms with Crippen molar-refractivity contribution >= 4 is 11.8 Å². The SMILES string of the molecule is COc1ccc2cc1OCCn1cc(nn1)CO[C@H]1CN(C(=O)CN(C)Cc3cccnc3)C[C@@H]1NC2=O. The van der Waals surface area contributed by atoms with E-state index in [-0.39, 0.29) is 25.0 Å². The number of pyridine rings is 1. The van der Waals surface area contributed by atoms with E-state index in [1.54, 1.807) is 53.5 Å². The molecule has 0 aliphatic carbocycles. The van der Waals surface area contributed by atoms with Crippen LogP contribution in [0.3, 0.4) is 0 Å². The molecular formula is C26H31N7O5. The van der Waals surface area contributed by atoms with Crippen molar-refractivity contribution in [3.8, 4) is 11.5 Å². The molecule has 5 rings (SSSR count). The lowest BCUT2D eigenvalue weighted by atomic mass is 10.1. The van der Waals surface area contributed by atoms with Crippen LogP contribution in [0.4, 0.5) is 0 Å². The summed E-state index contributed by atoms with van der Waals surface area (Å²) < 4.78 is 19.1. The summed E-state index contributed by atoms with van der Waals surface area (Å²) in [5.41, 5.74) is 2.11. The number of carbonyl (C=O) groups is 2. The van der Waals surface area contributed by atoms with Crippen LogP contribution >= 0.6 is 0 Å². The zero-order chi connectivity index (χ0) is 26.5. The second kappa shape index (κ2) is 11.6. The van der Waals surface area contributed by atoms with Crippen molar-refractivity contribution in [3.05, 3.63) is 65.7 Å². The number of hydrogen-bond donors (Lipinski definition) is 1. The van der Waals surface area contributed by atoms with Crippen molar-refractivity contribution in [2.24, 2.45) is 0 Å². The van der Waals surface area contributed by atoms with Gasteiger partial charge in [-0.3, -0.25) is 19.5 Å². The number of amides is 2. The Morgan fingerprint density at radius 3 is 3.00 bits per heavy atom. The molecule has 1 N–H and O–H groups in total.